The van der Waals surface area contributed by atoms with Crippen LogP contribution in [0.15, 0.2) is 18.2 Å². The van der Waals surface area contributed by atoms with Crippen LogP contribution in [0.25, 0.3) is 0 Å². The molecular weight excluding hydrogens is 242 g/mol. The summed E-state index contributed by atoms with van der Waals surface area (Å²) in [5.41, 5.74) is 2.00. The second-order valence-corrected chi connectivity index (χ2v) is 5.51. The third kappa shape index (κ3) is 2.45. The quantitative estimate of drug-likeness (QED) is 0.816. The van der Waals surface area contributed by atoms with Gasteiger partial charge in [0.25, 0.3) is 5.91 Å². The lowest BCUT2D eigenvalue weighted by Gasteiger charge is -2.28. The van der Waals surface area contributed by atoms with E-state index < -0.39 is 6.10 Å². The number of hydrogen-bond acceptors (Lipinski definition) is 3. The minimum Gasteiger partial charge on any atom is -0.479 e. The molecule has 3 rings (SSSR count). The number of amides is 1. The Bertz CT molecular complexity index is 492. The first-order valence-corrected chi connectivity index (χ1v) is 6.93. The van der Waals surface area contributed by atoms with Crippen molar-refractivity contribution >= 4 is 11.6 Å². The number of ether oxygens (including phenoxy) is 1. The first kappa shape index (κ1) is 12.5. The highest BCUT2D eigenvalue weighted by atomic mass is 16.5. The lowest BCUT2D eigenvalue weighted by Crippen LogP contribution is -2.34. The van der Waals surface area contributed by atoms with Gasteiger partial charge in [0, 0.05) is 0 Å². The minimum absolute atomic E-state index is 0.0938. The number of aliphatic hydroxyl groups is 1. The van der Waals surface area contributed by atoms with Crippen molar-refractivity contribution in [2.75, 3.05) is 5.32 Å². The molecule has 0 spiro atoms. The van der Waals surface area contributed by atoms with Gasteiger partial charge in [-0.25, -0.2) is 0 Å². The molecule has 1 aliphatic carbocycles. The molecule has 1 unspecified atom stereocenters. The van der Waals surface area contributed by atoms with Crippen LogP contribution in [-0.2, 0) is 4.79 Å². The highest BCUT2D eigenvalue weighted by molar-refractivity contribution is 5.97. The lowest BCUT2D eigenvalue weighted by molar-refractivity contribution is -0.122. The Kier molecular flexibility index (Phi) is 3.19. The van der Waals surface area contributed by atoms with Gasteiger partial charge in [0.15, 0.2) is 6.10 Å². The van der Waals surface area contributed by atoms with Crippen LogP contribution >= 0.6 is 0 Å². The number of rotatable bonds is 1. The number of carbonyl (C=O) groups is 1. The number of aliphatic hydroxyl groups excluding tert-OH is 1. The second-order valence-electron chi connectivity index (χ2n) is 5.51. The van der Waals surface area contributed by atoms with E-state index in [0.717, 1.165) is 37.1 Å². The molecule has 0 aromatic heterocycles. The zero-order valence-electron chi connectivity index (χ0n) is 11.1. The molecule has 0 radical (unpaired) electrons. The van der Waals surface area contributed by atoms with E-state index in [4.69, 9.17) is 4.74 Å². The first-order chi connectivity index (χ1) is 9.13. The third-order valence-corrected chi connectivity index (χ3v) is 4.10. The summed E-state index contributed by atoms with van der Waals surface area (Å²) in [6.07, 6.45) is 3.17. The van der Waals surface area contributed by atoms with Crippen LogP contribution in [0.5, 0.6) is 5.75 Å². The average molecular weight is 261 g/mol. The molecule has 1 saturated carbocycles. The Balaban J connectivity index is 1.81. The van der Waals surface area contributed by atoms with E-state index >= 15 is 0 Å². The number of nitrogens with one attached hydrogen (secondary N) is 1. The summed E-state index contributed by atoms with van der Waals surface area (Å²) in [7, 11) is 0. The van der Waals surface area contributed by atoms with E-state index in [1.54, 1.807) is 6.92 Å². The molecule has 1 aromatic rings. The van der Waals surface area contributed by atoms with Crippen LogP contribution in [0.4, 0.5) is 5.69 Å². The average Bonchev–Trinajstić information content (AvgIpc) is 2.40. The van der Waals surface area contributed by atoms with Crippen molar-refractivity contribution in [2.24, 2.45) is 0 Å². The summed E-state index contributed by atoms with van der Waals surface area (Å²) >= 11 is 0. The van der Waals surface area contributed by atoms with Gasteiger partial charge in [-0.15, -0.1) is 0 Å². The molecule has 1 amide bonds. The fourth-order valence-electron chi connectivity index (χ4n) is 2.89. The number of carbonyl (C=O) groups excluding carboxylic acids is 1. The van der Waals surface area contributed by atoms with Gasteiger partial charge in [-0.1, -0.05) is 6.07 Å². The number of hydrogen-bond donors (Lipinski definition) is 2. The number of anilines is 1. The van der Waals surface area contributed by atoms with E-state index in [1.165, 1.54) is 5.56 Å². The Morgan fingerprint density at radius 3 is 2.74 bits per heavy atom. The van der Waals surface area contributed by atoms with Crippen LogP contribution in [-0.4, -0.2) is 23.2 Å². The summed E-state index contributed by atoms with van der Waals surface area (Å²) < 4.78 is 5.55. The SMILES string of the molecule is CC1Oc2ccc(C3CCC(O)CC3)cc2NC1=O. The maximum atomic E-state index is 11.6. The van der Waals surface area contributed by atoms with Crippen molar-refractivity contribution in [3.8, 4) is 5.75 Å². The normalized spacial score (nSPS) is 30.2. The van der Waals surface area contributed by atoms with Crippen molar-refractivity contribution < 1.29 is 14.6 Å². The van der Waals surface area contributed by atoms with Crippen LogP contribution in [0.3, 0.4) is 0 Å². The van der Waals surface area contributed by atoms with Gasteiger partial charge < -0.3 is 15.2 Å². The zero-order chi connectivity index (χ0) is 13.4. The maximum Gasteiger partial charge on any atom is 0.265 e. The minimum atomic E-state index is -0.428. The molecule has 1 aliphatic heterocycles. The zero-order valence-corrected chi connectivity index (χ0v) is 11.1. The van der Waals surface area contributed by atoms with Crippen LogP contribution in [0, 0.1) is 0 Å². The highest BCUT2D eigenvalue weighted by Gasteiger charge is 2.26. The molecule has 2 N–H and O–H groups in total. The summed E-state index contributed by atoms with van der Waals surface area (Å²) in [6, 6.07) is 6.03. The molecule has 1 fully saturated rings. The summed E-state index contributed by atoms with van der Waals surface area (Å²) in [5, 5.41) is 12.4. The van der Waals surface area contributed by atoms with E-state index in [-0.39, 0.29) is 12.0 Å². The van der Waals surface area contributed by atoms with Crippen molar-refractivity contribution in [1.82, 2.24) is 0 Å². The third-order valence-electron chi connectivity index (χ3n) is 4.10. The van der Waals surface area contributed by atoms with E-state index in [9.17, 15) is 9.90 Å². The van der Waals surface area contributed by atoms with Gasteiger partial charge in [0.1, 0.15) is 5.75 Å². The van der Waals surface area contributed by atoms with Gasteiger partial charge in [-0.05, 0) is 56.2 Å². The molecule has 0 bridgehead atoms. The summed E-state index contributed by atoms with van der Waals surface area (Å²) in [4.78, 5) is 11.6. The molecule has 102 valence electrons. The Labute approximate surface area is 112 Å². The van der Waals surface area contributed by atoms with Crippen LogP contribution < -0.4 is 10.1 Å². The summed E-state index contributed by atoms with van der Waals surface area (Å²) in [5.74, 6) is 1.13. The van der Waals surface area contributed by atoms with E-state index in [0.29, 0.717) is 5.92 Å². The van der Waals surface area contributed by atoms with Gasteiger partial charge in [0.05, 0.1) is 11.8 Å². The molecule has 1 atom stereocenters. The Hall–Kier alpha value is -1.55. The first-order valence-electron chi connectivity index (χ1n) is 6.93. The van der Waals surface area contributed by atoms with Crippen molar-refractivity contribution in [2.45, 2.75) is 50.7 Å². The molecule has 4 heteroatoms. The Morgan fingerprint density at radius 1 is 1.26 bits per heavy atom. The molecule has 1 heterocycles. The van der Waals surface area contributed by atoms with Gasteiger partial charge in [-0.2, -0.15) is 0 Å². The monoisotopic (exact) mass is 261 g/mol. The standard InChI is InChI=1S/C15H19NO3/c1-9-15(18)16-13-8-11(4-7-14(13)19-9)10-2-5-12(17)6-3-10/h4,7-10,12,17H,2-3,5-6H2,1H3,(H,16,18). The highest BCUT2D eigenvalue weighted by Crippen LogP contribution is 2.37. The molecule has 19 heavy (non-hydrogen) atoms. The van der Waals surface area contributed by atoms with Gasteiger partial charge in [-0.3, -0.25) is 4.79 Å². The molecule has 4 nitrogen and oxygen atoms in total. The largest absolute Gasteiger partial charge is 0.479 e. The maximum absolute atomic E-state index is 11.6. The second kappa shape index (κ2) is 4.85. The molecule has 1 aromatic carbocycles. The predicted molar refractivity (Wildman–Crippen MR) is 72.4 cm³/mol. The van der Waals surface area contributed by atoms with Crippen molar-refractivity contribution in [3.05, 3.63) is 23.8 Å². The predicted octanol–water partition coefficient (Wildman–Crippen LogP) is 2.42. The molecule has 2 aliphatic rings. The molecular formula is C15H19NO3. The van der Waals surface area contributed by atoms with E-state index in [1.807, 2.05) is 12.1 Å². The van der Waals surface area contributed by atoms with Gasteiger partial charge >= 0.3 is 0 Å². The number of fused-ring (bicyclic) bond motifs is 1. The fourth-order valence-corrected chi connectivity index (χ4v) is 2.89. The van der Waals surface area contributed by atoms with Crippen LogP contribution in [0.2, 0.25) is 0 Å². The van der Waals surface area contributed by atoms with Crippen LogP contribution in [0.1, 0.15) is 44.1 Å². The van der Waals surface area contributed by atoms with E-state index in [2.05, 4.69) is 11.4 Å². The fraction of sp³-hybridized carbons (Fsp3) is 0.533. The molecule has 0 saturated heterocycles. The smallest absolute Gasteiger partial charge is 0.265 e. The topological polar surface area (TPSA) is 58.6 Å². The summed E-state index contributed by atoms with van der Waals surface area (Å²) in [6.45, 7) is 1.74. The number of benzene rings is 1. The van der Waals surface area contributed by atoms with Gasteiger partial charge in [0.2, 0.25) is 0 Å². The lowest BCUT2D eigenvalue weighted by atomic mass is 9.82. The Morgan fingerprint density at radius 2 is 2.00 bits per heavy atom. The van der Waals surface area contributed by atoms with Crippen molar-refractivity contribution in [1.29, 1.82) is 0 Å². The van der Waals surface area contributed by atoms with Crippen molar-refractivity contribution in [3.63, 3.8) is 0 Å².